The Bertz CT molecular complexity index is 436. The van der Waals surface area contributed by atoms with Crippen molar-refractivity contribution in [3.63, 3.8) is 0 Å². The van der Waals surface area contributed by atoms with Crippen LogP contribution in [0.15, 0.2) is 18.2 Å². The van der Waals surface area contributed by atoms with E-state index in [0.717, 1.165) is 12.8 Å². The summed E-state index contributed by atoms with van der Waals surface area (Å²) in [6.07, 6.45) is 2.30. The van der Waals surface area contributed by atoms with Gasteiger partial charge in [-0.3, -0.25) is 4.79 Å². The van der Waals surface area contributed by atoms with E-state index >= 15 is 0 Å². The molecule has 19 heavy (non-hydrogen) atoms. The Morgan fingerprint density at radius 2 is 2.05 bits per heavy atom. The van der Waals surface area contributed by atoms with Crippen LogP contribution in [0.3, 0.4) is 0 Å². The summed E-state index contributed by atoms with van der Waals surface area (Å²) in [5.74, 6) is 0.497. The van der Waals surface area contributed by atoms with Crippen molar-refractivity contribution in [2.45, 2.75) is 40.0 Å². The maximum atomic E-state index is 11.8. The normalized spacial score (nSPS) is 11.2. The Kier molecular flexibility index (Phi) is 5.21. The lowest BCUT2D eigenvalue weighted by atomic mass is 9.90. The zero-order valence-corrected chi connectivity index (χ0v) is 12.1. The molecule has 0 atom stereocenters. The molecular formula is C15H23NO3. The number of benzene rings is 1. The first-order chi connectivity index (χ1) is 8.81. The Hall–Kier alpha value is -1.71. The van der Waals surface area contributed by atoms with E-state index in [1.165, 1.54) is 13.2 Å². The SMILES string of the molecule is COc1ccc(NC(=O)CCCC(C)(C)C)c(O)c1. The third kappa shape index (κ3) is 5.64. The minimum absolute atomic E-state index is 0.0171. The number of amides is 1. The maximum Gasteiger partial charge on any atom is 0.224 e. The van der Waals surface area contributed by atoms with Crippen molar-refractivity contribution in [1.82, 2.24) is 0 Å². The summed E-state index contributed by atoms with van der Waals surface area (Å²) in [4.78, 5) is 11.8. The van der Waals surface area contributed by atoms with Crippen molar-refractivity contribution in [1.29, 1.82) is 0 Å². The first-order valence-electron chi connectivity index (χ1n) is 6.49. The van der Waals surface area contributed by atoms with Gasteiger partial charge in [0, 0.05) is 12.5 Å². The van der Waals surface area contributed by atoms with Crippen LogP contribution in [0.1, 0.15) is 40.0 Å². The lowest BCUT2D eigenvalue weighted by molar-refractivity contribution is -0.116. The van der Waals surface area contributed by atoms with E-state index in [0.29, 0.717) is 17.9 Å². The number of ether oxygens (including phenoxy) is 1. The number of carbonyl (C=O) groups excluding carboxylic acids is 1. The number of hydrogen-bond acceptors (Lipinski definition) is 3. The molecule has 0 saturated carbocycles. The first kappa shape index (κ1) is 15.3. The molecule has 2 N–H and O–H groups in total. The minimum Gasteiger partial charge on any atom is -0.506 e. The van der Waals surface area contributed by atoms with Crippen molar-refractivity contribution in [2.75, 3.05) is 12.4 Å². The van der Waals surface area contributed by atoms with Crippen LogP contribution in [0.4, 0.5) is 5.69 Å². The molecule has 1 rings (SSSR count). The number of nitrogens with one attached hydrogen (secondary N) is 1. The van der Waals surface area contributed by atoms with Crippen molar-refractivity contribution in [3.05, 3.63) is 18.2 Å². The molecule has 0 fully saturated rings. The van der Waals surface area contributed by atoms with Gasteiger partial charge in [-0.1, -0.05) is 20.8 Å². The molecule has 1 amide bonds. The van der Waals surface area contributed by atoms with Gasteiger partial charge in [-0.25, -0.2) is 0 Å². The van der Waals surface area contributed by atoms with Gasteiger partial charge in [-0.05, 0) is 30.4 Å². The molecule has 106 valence electrons. The summed E-state index contributed by atoms with van der Waals surface area (Å²) in [7, 11) is 1.53. The van der Waals surface area contributed by atoms with Crippen LogP contribution < -0.4 is 10.1 Å². The molecule has 0 aliphatic carbocycles. The first-order valence-corrected chi connectivity index (χ1v) is 6.49. The molecule has 1 aromatic rings. The Balaban J connectivity index is 2.48. The third-order valence-corrected chi connectivity index (χ3v) is 2.81. The molecule has 0 heterocycles. The van der Waals surface area contributed by atoms with E-state index in [4.69, 9.17) is 4.74 Å². The molecule has 0 bridgehead atoms. The van der Waals surface area contributed by atoms with Crippen LogP contribution in [0, 0.1) is 5.41 Å². The fourth-order valence-corrected chi connectivity index (χ4v) is 1.74. The molecule has 0 radical (unpaired) electrons. The highest BCUT2D eigenvalue weighted by Gasteiger charge is 2.12. The monoisotopic (exact) mass is 265 g/mol. The standard InChI is InChI=1S/C15H23NO3/c1-15(2,3)9-5-6-14(18)16-12-8-7-11(19-4)10-13(12)17/h7-8,10,17H,5-6,9H2,1-4H3,(H,16,18). The summed E-state index contributed by atoms with van der Waals surface area (Å²) in [6.45, 7) is 6.46. The van der Waals surface area contributed by atoms with Gasteiger partial charge in [0.25, 0.3) is 0 Å². The Labute approximate surface area is 114 Å². The van der Waals surface area contributed by atoms with Gasteiger partial charge in [-0.15, -0.1) is 0 Å². The second-order valence-corrected chi connectivity index (χ2v) is 5.85. The number of phenols is 1. The summed E-state index contributed by atoms with van der Waals surface area (Å²) < 4.78 is 4.98. The van der Waals surface area contributed by atoms with E-state index in [-0.39, 0.29) is 17.1 Å². The van der Waals surface area contributed by atoms with Gasteiger partial charge in [0.15, 0.2) is 0 Å². The number of aromatic hydroxyl groups is 1. The summed E-state index contributed by atoms with van der Waals surface area (Å²) in [5, 5.41) is 12.4. The molecule has 4 heteroatoms. The summed E-state index contributed by atoms with van der Waals surface area (Å²) >= 11 is 0. The van der Waals surface area contributed by atoms with E-state index in [2.05, 4.69) is 26.1 Å². The molecule has 0 aliphatic rings. The highest BCUT2D eigenvalue weighted by molar-refractivity contribution is 5.92. The quantitative estimate of drug-likeness (QED) is 0.800. The van der Waals surface area contributed by atoms with Gasteiger partial charge in [0.1, 0.15) is 11.5 Å². The van der Waals surface area contributed by atoms with Gasteiger partial charge >= 0.3 is 0 Å². The van der Waals surface area contributed by atoms with Crippen LogP contribution >= 0.6 is 0 Å². The Morgan fingerprint density at radius 3 is 2.58 bits per heavy atom. The predicted molar refractivity (Wildman–Crippen MR) is 76.6 cm³/mol. The van der Waals surface area contributed by atoms with E-state index in [1.807, 2.05) is 0 Å². The van der Waals surface area contributed by atoms with Gasteiger partial charge in [0.05, 0.1) is 12.8 Å². The fourth-order valence-electron chi connectivity index (χ4n) is 1.74. The molecule has 1 aromatic carbocycles. The highest BCUT2D eigenvalue weighted by Crippen LogP contribution is 2.28. The predicted octanol–water partition coefficient (Wildman–Crippen LogP) is 3.56. The maximum absolute atomic E-state index is 11.8. The lowest BCUT2D eigenvalue weighted by Gasteiger charge is -2.17. The number of carbonyl (C=O) groups is 1. The largest absolute Gasteiger partial charge is 0.506 e. The van der Waals surface area contributed by atoms with Crippen molar-refractivity contribution < 1.29 is 14.6 Å². The van der Waals surface area contributed by atoms with Gasteiger partial charge in [0.2, 0.25) is 5.91 Å². The van der Waals surface area contributed by atoms with Gasteiger partial charge < -0.3 is 15.2 Å². The molecule has 0 spiro atoms. The zero-order valence-electron chi connectivity index (χ0n) is 12.1. The Morgan fingerprint density at radius 1 is 1.37 bits per heavy atom. The average molecular weight is 265 g/mol. The molecule has 0 unspecified atom stereocenters. The number of anilines is 1. The van der Waals surface area contributed by atoms with Crippen LogP contribution in [0.2, 0.25) is 0 Å². The average Bonchev–Trinajstić information content (AvgIpc) is 2.30. The molecule has 0 aromatic heterocycles. The van der Waals surface area contributed by atoms with Crippen molar-refractivity contribution in [2.24, 2.45) is 5.41 Å². The number of methoxy groups -OCH3 is 1. The third-order valence-electron chi connectivity index (χ3n) is 2.81. The molecule has 0 saturated heterocycles. The lowest BCUT2D eigenvalue weighted by Crippen LogP contribution is -2.13. The minimum atomic E-state index is -0.0790. The zero-order chi connectivity index (χ0) is 14.5. The second kappa shape index (κ2) is 6.45. The van der Waals surface area contributed by atoms with Crippen LogP contribution in [-0.4, -0.2) is 18.1 Å². The topological polar surface area (TPSA) is 58.6 Å². The number of phenolic OH excluding ortho intramolecular Hbond substituents is 1. The fraction of sp³-hybridized carbons (Fsp3) is 0.533. The van der Waals surface area contributed by atoms with Gasteiger partial charge in [-0.2, -0.15) is 0 Å². The van der Waals surface area contributed by atoms with E-state index < -0.39 is 0 Å². The highest BCUT2D eigenvalue weighted by atomic mass is 16.5. The van der Waals surface area contributed by atoms with Crippen LogP contribution in [-0.2, 0) is 4.79 Å². The summed E-state index contributed by atoms with van der Waals surface area (Å²) in [5.41, 5.74) is 0.657. The van der Waals surface area contributed by atoms with Crippen LogP contribution in [0.5, 0.6) is 11.5 Å². The van der Waals surface area contributed by atoms with Crippen molar-refractivity contribution >= 4 is 11.6 Å². The molecule has 4 nitrogen and oxygen atoms in total. The number of rotatable bonds is 5. The number of hydrogen-bond donors (Lipinski definition) is 2. The molecule has 0 aliphatic heterocycles. The smallest absolute Gasteiger partial charge is 0.224 e. The van der Waals surface area contributed by atoms with E-state index in [9.17, 15) is 9.90 Å². The second-order valence-electron chi connectivity index (χ2n) is 5.85. The van der Waals surface area contributed by atoms with E-state index in [1.54, 1.807) is 12.1 Å². The summed E-state index contributed by atoms with van der Waals surface area (Å²) in [6, 6.07) is 4.81. The molecular weight excluding hydrogens is 242 g/mol. The van der Waals surface area contributed by atoms with Crippen LogP contribution in [0.25, 0.3) is 0 Å². The van der Waals surface area contributed by atoms with Crippen molar-refractivity contribution in [3.8, 4) is 11.5 Å².